The number of nitrogens with one attached hydrogen (secondary N) is 2. The highest BCUT2D eigenvalue weighted by Crippen LogP contribution is 2.37. The van der Waals surface area contributed by atoms with Crippen LogP contribution in [0, 0.1) is 11.7 Å². The maximum absolute atomic E-state index is 15.3. The fourth-order valence-electron chi connectivity index (χ4n) is 6.23. The van der Waals surface area contributed by atoms with Gasteiger partial charge in [-0.15, -0.1) is 5.10 Å². The number of rotatable bonds is 11. The molecular formula is C35H36ClFN8O5. The smallest absolute Gasteiger partial charge is 0.339 e. The molecule has 2 N–H and O–H groups in total. The van der Waals surface area contributed by atoms with Crippen LogP contribution in [-0.4, -0.2) is 80.7 Å². The maximum atomic E-state index is 15.3. The third-order valence-electron chi connectivity index (χ3n) is 8.78. The largest absolute Gasteiger partial charge is 0.493 e. The van der Waals surface area contributed by atoms with Crippen molar-refractivity contribution in [3.05, 3.63) is 94.2 Å². The van der Waals surface area contributed by atoms with Crippen LogP contribution in [-0.2, 0) is 20.7 Å². The van der Waals surface area contributed by atoms with E-state index < -0.39 is 29.6 Å². The van der Waals surface area contributed by atoms with E-state index in [1.165, 1.54) is 58.5 Å². The van der Waals surface area contributed by atoms with Gasteiger partial charge in [0, 0.05) is 29.9 Å². The average molecular weight is 703 g/mol. The van der Waals surface area contributed by atoms with Crippen molar-refractivity contribution in [1.29, 1.82) is 0 Å². The minimum atomic E-state index is -1.08. The van der Waals surface area contributed by atoms with Crippen molar-refractivity contribution in [2.24, 2.45) is 5.92 Å². The molecule has 4 heterocycles. The fraction of sp³-hybridized carbons (Fsp3) is 0.343. The summed E-state index contributed by atoms with van der Waals surface area (Å²) in [6.07, 6.45) is 8.65. The van der Waals surface area contributed by atoms with Gasteiger partial charge in [-0.05, 0) is 104 Å². The first-order valence-corrected chi connectivity index (χ1v) is 16.8. The Hall–Kier alpha value is -5.21. The number of carbonyl (C=O) groups excluding carboxylic acids is 3. The van der Waals surface area contributed by atoms with Crippen LogP contribution in [0.3, 0.4) is 0 Å². The Bertz CT molecular complexity index is 1870. The Kier molecular flexibility index (Phi) is 11.1. The Morgan fingerprint density at radius 1 is 1.14 bits per heavy atom. The normalized spacial score (nSPS) is 16.2. The van der Waals surface area contributed by atoms with Crippen molar-refractivity contribution in [3.63, 3.8) is 0 Å². The zero-order valence-electron chi connectivity index (χ0n) is 27.3. The predicted octanol–water partition coefficient (Wildman–Crippen LogP) is 4.57. The molecule has 260 valence electrons. The minimum absolute atomic E-state index is 0.00751. The number of fused-ring (bicyclic) bond motifs is 1. The van der Waals surface area contributed by atoms with Crippen molar-refractivity contribution < 1.29 is 28.2 Å². The molecule has 15 heteroatoms. The molecule has 0 bridgehead atoms. The average Bonchev–Trinajstić information content (AvgIpc) is 3.67. The van der Waals surface area contributed by atoms with Gasteiger partial charge in [-0.2, -0.15) is 4.68 Å². The van der Waals surface area contributed by atoms with Gasteiger partial charge >= 0.3 is 5.97 Å². The van der Waals surface area contributed by atoms with Crippen molar-refractivity contribution in [1.82, 2.24) is 35.4 Å². The SMILES string of the molecule is CCOC(=O)c1ccc(NC(=O)[C@H]2c3cccc(OCCC4CCNCC4)c3CCN2C(=O)/C=C/c2c(-n3cnnn3)ccc(Cl)c2F)nc1. The molecule has 1 atom stereocenters. The number of pyridine rings is 1. The number of halogens is 2. The fourth-order valence-corrected chi connectivity index (χ4v) is 6.40. The molecule has 4 aromatic rings. The van der Waals surface area contributed by atoms with Crippen molar-refractivity contribution >= 4 is 41.3 Å². The molecule has 0 unspecified atom stereocenters. The topological polar surface area (TPSA) is 153 Å². The van der Waals surface area contributed by atoms with Gasteiger partial charge in [-0.25, -0.2) is 14.2 Å². The van der Waals surface area contributed by atoms with Gasteiger partial charge in [0.1, 0.15) is 23.9 Å². The predicted molar refractivity (Wildman–Crippen MR) is 182 cm³/mol. The highest BCUT2D eigenvalue weighted by atomic mass is 35.5. The third kappa shape index (κ3) is 7.81. The second kappa shape index (κ2) is 16.0. The number of tetrazole rings is 1. The molecule has 0 radical (unpaired) electrons. The van der Waals surface area contributed by atoms with E-state index in [-0.39, 0.29) is 40.8 Å². The number of ether oxygens (including phenoxy) is 2. The molecule has 0 aliphatic carbocycles. The summed E-state index contributed by atoms with van der Waals surface area (Å²) in [5.41, 5.74) is 1.92. The number of hydrogen-bond donors (Lipinski definition) is 2. The van der Waals surface area contributed by atoms with Gasteiger partial charge < -0.3 is 25.0 Å². The summed E-state index contributed by atoms with van der Waals surface area (Å²) in [4.78, 5) is 45.7. The summed E-state index contributed by atoms with van der Waals surface area (Å²) in [7, 11) is 0. The molecule has 1 saturated heterocycles. The molecule has 50 heavy (non-hydrogen) atoms. The van der Waals surface area contributed by atoms with Crippen LogP contribution in [0.1, 0.15) is 59.3 Å². The van der Waals surface area contributed by atoms with Gasteiger partial charge in [0.15, 0.2) is 5.82 Å². The van der Waals surface area contributed by atoms with Crippen LogP contribution < -0.4 is 15.4 Å². The molecule has 13 nitrogen and oxygen atoms in total. The number of anilines is 1. The van der Waals surface area contributed by atoms with Crippen LogP contribution in [0.2, 0.25) is 5.02 Å². The molecule has 0 spiro atoms. The standard InChI is InChI=1S/C35H36ClFN8O5/c1-2-49-35(48)23-6-10-30(39-20-23)41-34(47)33-25-4-3-5-29(50-19-15-22-12-16-38-17-13-22)24(25)14-18-44(33)31(46)11-7-26-28(45-21-40-42-43-45)9-8-27(36)32(26)37/h3-11,20-22,33,38H,2,12-19H2,1H3,(H,39,41,47)/b11-7+/t33-/m1/s1. The Labute approximate surface area is 292 Å². The zero-order valence-corrected chi connectivity index (χ0v) is 28.1. The maximum Gasteiger partial charge on any atom is 0.339 e. The molecule has 2 aliphatic rings. The van der Waals surface area contributed by atoms with Crippen molar-refractivity contribution in [2.45, 2.75) is 38.6 Å². The highest BCUT2D eigenvalue weighted by Gasteiger charge is 2.37. The van der Waals surface area contributed by atoms with Crippen molar-refractivity contribution in [2.75, 3.05) is 38.2 Å². The second-order valence-electron chi connectivity index (χ2n) is 11.9. The minimum Gasteiger partial charge on any atom is -0.493 e. The molecule has 1 fully saturated rings. The van der Waals surface area contributed by atoms with Crippen LogP contribution in [0.15, 0.2) is 61.1 Å². The van der Waals surface area contributed by atoms with E-state index in [4.69, 9.17) is 21.1 Å². The van der Waals surface area contributed by atoms with E-state index in [1.807, 2.05) is 6.07 Å². The number of carbonyl (C=O) groups is 3. The molecule has 2 aliphatic heterocycles. The Balaban J connectivity index is 1.28. The van der Waals surface area contributed by atoms with Crippen LogP contribution in [0.4, 0.5) is 10.2 Å². The molecule has 2 amide bonds. The lowest BCUT2D eigenvalue weighted by Gasteiger charge is -2.36. The summed E-state index contributed by atoms with van der Waals surface area (Å²) in [6, 6.07) is 10.3. The number of amides is 2. The highest BCUT2D eigenvalue weighted by molar-refractivity contribution is 6.31. The first kappa shape index (κ1) is 34.6. The van der Waals surface area contributed by atoms with Crippen LogP contribution in [0.25, 0.3) is 11.8 Å². The van der Waals surface area contributed by atoms with Gasteiger partial charge in [0.2, 0.25) is 5.91 Å². The molecule has 6 rings (SSSR count). The Morgan fingerprint density at radius 2 is 1.98 bits per heavy atom. The summed E-state index contributed by atoms with van der Waals surface area (Å²) >= 11 is 6.08. The number of esters is 1. The first-order valence-electron chi connectivity index (χ1n) is 16.4. The van der Waals surface area contributed by atoms with Gasteiger partial charge in [0.25, 0.3) is 5.91 Å². The van der Waals surface area contributed by atoms with Crippen molar-refractivity contribution in [3.8, 4) is 11.4 Å². The van der Waals surface area contributed by atoms with E-state index in [0.717, 1.165) is 37.9 Å². The van der Waals surface area contributed by atoms with Gasteiger partial charge in [-0.3, -0.25) is 9.59 Å². The first-order chi connectivity index (χ1) is 24.3. The van der Waals surface area contributed by atoms with Crippen LogP contribution >= 0.6 is 11.6 Å². The number of aromatic nitrogens is 5. The van der Waals surface area contributed by atoms with E-state index in [1.54, 1.807) is 19.1 Å². The Morgan fingerprint density at radius 3 is 2.72 bits per heavy atom. The van der Waals surface area contributed by atoms with Crippen LogP contribution in [0.5, 0.6) is 5.75 Å². The lowest BCUT2D eigenvalue weighted by molar-refractivity contribution is -0.135. The van der Waals surface area contributed by atoms with E-state index >= 15 is 4.39 Å². The quantitative estimate of drug-likeness (QED) is 0.168. The summed E-state index contributed by atoms with van der Waals surface area (Å²) in [5.74, 6) is -0.927. The van der Waals surface area contributed by atoms with Gasteiger partial charge in [0.05, 0.1) is 29.5 Å². The number of benzene rings is 2. The van der Waals surface area contributed by atoms with E-state index in [9.17, 15) is 14.4 Å². The molecular weight excluding hydrogens is 667 g/mol. The number of nitrogens with zero attached hydrogens (tertiary/aromatic N) is 6. The van der Waals surface area contributed by atoms with E-state index in [2.05, 4.69) is 31.1 Å². The van der Waals surface area contributed by atoms with E-state index in [0.29, 0.717) is 30.3 Å². The lowest BCUT2D eigenvalue weighted by Crippen LogP contribution is -2.45. The summed E-state index contributed by atoms with van der Waals surface area (Å²) in [6.45, 7) is 4.63. The number of hydrogen-bond acceptors (Lipinski definition) is 10. The molecule has 2 aromatic carbocycles. The monoisotopic (exact) mass is 702 g/mol. The zero-order chi connectivity index (χ0) is 35.0. The third-order valence-corrected chi connectivity index (χ3v) is 9.07. The number of piperidine rings is 1. The molecule has 0 saturated carbocycles. The van der Waals surface area contributed by atoms with Gasteiger partial charge in [-0.1, -0.05) is 23.7 Å². The lowest BCUT2D eigenvalue weighted by atomic mass is 9.90. The molecule has 2 aromatic heterocycles. The summed E-state index contributed by atoms with van der Waals surface area (Å²) < 4.78 is 27.8. The summed E-state index contributed by atoms with van der Waals surface area (Å²) in [5, 5.41) is 17.1. The second-order valence-corrected chi connectivity index (χ2v) is 12.3.